The van der Waals surface area contributed by atoms with Crippen molar-refractivity contribution in [2.75, 3.05) is 41.8 Å². The second-order valence-corrected chi connectivity index (χ2v) is 8.26. The number of anilines is 3. The number of hydrogen-bond donors (Lipinski definition) is 2. The lowest BCUT2D eigenvalue weighted by Gasteiger charge is -2.27. The smallest absolute Gasteiger partial charge is 0.323 e. The minimum Gasteiger partial charge on any atom is -0.378 e. The van der Waals surface area contributed by atoms with E-state index in [0.717, 1.165) is 18.2 Å². The summed E-state index contributed by atoms with van der Waals surface area (Å²) >= 11 is 0. The molecule has 2 N–H and O–H groups in total. The molecule has 0 radical (unpaired) electrons. The van der Waals surface area contributed by atoms with Gasteiger partial charge in [0.05, 0.1) is 36.0 Å². The molecule has 1 aromatic heterocycles. The summed E-state index contributed by atoms with van der Waals surface area (Å²) in [6.07, 6.45) is 1.66. The standard InChI is InChI=1S/C26H20F3N5O3/c27-19-4-2-16(31-26(36)32-17-3-5-20(28)21(29)13-17)12-18(19)25(35)15-1-6-22-23(11-15)33-24(14-30-22)34-7-9-37-10-8-34/h1-6,11-14H,7-10H2,(H2,31,32,36). The van der Waals surface area contributed by atoms with Gasteiger partial charge in [0.2, 0.25) is 0 Å². The molecular formula is C26H20F3N5O3. The van der Waals surface area contributed by atoms with Gasteiger partial charge in [-0.2, -0.15) is 0 Å². The molecule has 8 nitrogen and oxygen atoms in total. The summed E-state index contributed by atoms with van der Waals surface area (Å²) in [7, 11) is 0. The molecular weight excluding hydrogens is 487 g/mol. The molecule has 0 atom stereocenters. The van der Waals surface area contributed by atoms with Crippen LogP contribution in [0.1, 0.15) is 15.9 Å². The number of halogens is 3. The topological polar surface area (TPSA) is 96.5 Å². The van der Waals surface area contributed by atoms with Crippen LogP contribution in [0.4, 0.5) is 35.2 Å². The predicted molar refractivity (Wildman–Crippen MR) is 131 cm³/mol. The van der Waals surface area contributed by atoms with Gasteiger partial charge >= 0.3 is 6.03 Å². The van der Waals surface area contributed by atoms with Gasteiger partial charge in [-0.3, -0.25) is 9.78 Å². The van der Waals surface area contributed by atoms with Crippen LogP contribution in [0.25, 0.3) is 11.0 Å². The molecule has 1 aliphatic heterocycles. The largest absolute Gasteiger partial charge is 0.378 e. The zero-order valence-electron chi connectivity index (χ0n) is 19.3. The number of carbonyl (C=O) groups excluding carboxylic acids is 2. The zero-order chi connectivity index (χ0) is 25.9. The van der Waals surface area contributed by atoms with Gasteiger partial charge in [0.15, 0.2) is 17.4 Å². The third-order valence-electron chi connectivity index (χ3n) is 5.77. The van der Waals surface area contributed by atoms with Crippen LogP contribution in [-0.2, 0) is 4.74 Å². The molecule has 37 heavy (non-hydrogen) atoms. The Hall–Kier alpha value is -4.51. The van der Waals surface area contributed by atoms with Crippen LogP contribution in [-0.4, -0.2) is 48.1 Å². The zero-order valence-corrected chi connectivity index (χ0v) is 19.3. The molecule has 0 bridgehead atoms. The van der Waals surface area contributed by atoms with Crippen molar-refractivity contribution in [3.63, 3.8) is 0 Å². The Morgan fingerprint density at radius 2 is 1.51 bits per heavy atom. The summed E-state index contributed by atoms with van der Waals surface area (Å²) in [4.78, 5) is 36.5. The van der Waals surface area contributed by atoms with E-state index in [9.17, 15) is 22.8 Å². The van der Waals surface area contributed by atoms with Crippen molar-refractivity contribution in [2.24, 2.45) is 0 Å². The Morgan fingerprint density at radius 1 is 0.811 bits per heavy atom. The molecule has 2 amide bonds. The molecule has 2 heterocycles. The molecule has 0 spiro atoms. The van der Waals surface area contributed by atoms with E-state index in [0.29, 0.717) is 43.2 Å². The van der Waals surface area contributed by atoms with Crippen molar-refractivity contribution < 1.29 is 27.5 Å². The number of hydrogen-bond acceptors (Lipinski definition) is 6. The number of benzene rings is 3. The molecule has 5 rings (SSSR count). The van der Waals surface area contributed by atoms with Crippen LogP contribution in [0.2, 0.25) is 0 Å². The van der Waals surface area contributed by atoms with Crippen LogP contribution in [0.15, 0.2) is 60.8 Å². The Balaban J connectivity index is 1.36. The van der Waals surface area contributed by atoms with E-state index in [1.807, 2.05) is 4.90 Å². The summed E-state index contributed by atoms with van der Waals surface area (Å²) in [6, 6.07) is 10.3. The minimum atomic E-state index is -1.12. The van der Waals surface area contributed by atoms with Gasteiger partial charge in [-0.05, 0) is 48.5 Å². The molecule has 0 saturated carbocycles. The van der Waals surface area contributed by atoms with Gasteiger partial charge in [-0.15, -0.1) is 0 Å². The number of urea groups is 1. The average molecular weight is 507 g/mol. The highest BCUT2D eigenvalue weighted by Gasteiger charge is 2.18. The highest BCUT2D eigenvalue weighted by atomic mass is 19.2. The Morgan fingerprint density at radius 3 is 2.24 bits per heavy atom. The summed E-state index contributed by atoms with van der Waals surface area (Å²) in [5, 5.41) is 4.79. The predicted octanol–water partition coefficient (Wildman–Crippen LogP) is 4.76. The number of fused-ring (bicyclic) bond motifs is 1. The fourth-order valence-corrected chi connectivity index (χ4v) is 3.89. The first-order chi connectivity index (χ1) is 17.9. The van der Waals surface area contributed by atoms with Gasteiger partial charge in [-0.1, -0.05) is 0 Å². The summed E-state index contributed by atoms with van der Waals surface area (Å²) < 4.78 is 46.4. The third kappa shape index (κ3) is 5.36. The van der Waals surface area contributed by atoms with Crippen molar-refractivity contribution >= 4 is 40.0 Å². The van der Waals surface area contributed by atoms with Crippen molar-refractivity contribution in [1.29, 1.82) is 0 Å². The molecule has 0 unspecified atom stereocenters. The average Bonchev–Trinajstić information content (AvgIpc) is 2.91. The van der Waals surface area contributed by atoms with Gasteiger partial charge < -0.3 is 20.3 Å². The molecule has 1 fully saturated rings. The molecule has 3 aromatic carbocycles. The molecule has 0 aliphatic carbocycles. The number of morpholine rings is 1. The first kappa shape index (κ1) is 24.2. The van der Waals surface area contributed by atoms with E-state index in [-0.39, 0.29) is 22.5 Å². The number of rotatable bonds is 5. The van der Waals surface area contributed by atoms with E-state index in [4.69, 9.17) is 4.74 Å². The Bertz CT molecular complexity index is 1510. The van der Waals surface area contributed by atoms with Crippen molar-refractivity contribution in [2.45, 2.75) is 0 Å². The van der Waals surface area contributed by atoms with Gasteiger partial charge in [-0.25, -0.2) is 22.9 Å². The molecule has 188 valence electrons. The third-order valence-corrected chi connectivity index (χ3v) is 5.77. The second-order valence-electron chi connectivity index (χ2n) is 8.26. The van der Waals surface area contributed by atoms with Gasteiger partial charge in [0.1, 0.15) is 11.6 Å². The minimum absolute atomic E-state index is 0.0172. The SMILES string of the molecule is O=C(Nc1ccc(F)c(F)c1)Nc1ccc(F)c(C(=O)c2ccc3ncc(N4CCOCC4)nc3c2)c1. The lowest BCUT2D eigenvalue weighted by atomic mass is 10.0. The number of nitrogens with zero attached hydrogens (tertiary/aromatic N) is 3. The van der Waals surface area contributed by atoms with E-state index >= 15 is 0 Å². The van der Waals surface area contributed by atoms with Crippen LogP contribution < -0.4 is 15.5 Å². The molecule has 1 aliphatic rings. The highest BCUT2D eigenvalue weighted by molar-refractivity contribution is 6.11. The number of amides is 2. The van der Waals surface area contributed by atoms with Gasteiger partial charge in [0, 0.05) is 36.1 Å². The van der Waals surface area contributed by atoms with E-state index in [2.05, 4.69) is 20.6 Å². The summed E-state index contributed by atoms with van der Waals surface area (Å²) in [6.45, 7) is 2.52. The van der Waals surface area contributed by atoms with E-state index in [1.54, 1.807) is 18.3 Å². The quantitative estimate of drug-likeness (QED) is 0.378. The molecule has 11 heteroatoms. The maximum atomic E-state index is 14.6. The lowest BCUT2D eigenvalue weighted by Crippen LogP contribution is -2.36. The fourth-order valence-electron chi connectivity index (χ4n) is 3.89. The van der Waals surface area contributed by atoms with E-state index in [1.165, 1.54) is 24.3 Å². The highest BCUT2D eigenvalue weighted by Crippen LogP contribution is 2.23. The lowest BCUT2D eigenvalue weighted by molar-refractivity contribution is 0.103. The van der Waals surface area contributed by atoms with Crippen molar-refractivity contribution in [3.8, 4) is 0 Å². The van der Waals surface area contributed by atoms with Crippen LogP contribution in [0, 0.1) is 17.5 Å². The first-order valence-electron chi connectivity index (χ1n) is 11.3. The van der Waals surface area contributed by atoms with E-state index < -0.39 is 29.3 Å². The molecule has 4 aromatic rings. The maximum absolute atomic E-state index is 14.6. The van der Waals surface area contributed by atoms with Crippen LogP contribution in [0.5, 0.6) is 0 Å². The number of aromatic nitrogens is 2. The number of nitrogens with one attached hydrogen (secondary N) is 2. The first-order valence-corrected chi connectivity index (χ1v) is 11.3. The summed E-state index contributed by atoms with van der Waals surface area (Å²) in [5.74, 6) is -2.90. The van der Waals surface area contributed by atoms with Crippen LogP contribution >= 0.6 is 0 Å². The second kappa shape index (κ2) is 10.2. The summed E-state index contributed by atoms with van der Waals surface area (Å²) in [5.41, 5.74) is 1.14. The molecule has 1 saturated heterocycles. The van der Waals surface area contributed by atoms with Gasteiger partial charge in [0.25, 0.3) is 0 Å². The van der Waals surface area contributed by atoms with Crippen molar-refractivity contribution in [1.82, 2.24) is 9.97 Å². The monoisotopic (exact) mass is 507 g/mol. The number of ether oxygens (including phenoxy) is 1. The van der Waals surface area contributed by atoms with Crippen molar-refractivity contribution in [3.05, 3.63) is 89.4 Å². The Kier molecular flexibility index (Phi) is 6.69. The normalized spacial score (nSPS) is 13.4. The maximum Gasteiger partial charge on any atom is 0.323 e. The van der Waals surface area contributed by atoms with Crippen LogP contribution in [0.3, 0.4) is 0 Å². The number of ketones is 1. The number of carbonyl (C=O) groups is 2. The fraction of sp³-hybridized carbons (Fsp3) is 0.154. The Labute approximate surface area is 209 Å².